The number of fused-ring (bicyclic) bond motifs is 1. The van der Waals surface area contributed by atoms with Crippen LogP contribution in [0.5, 0.6) is 0 Å². The van der Waals surface area contributed by atoms with Crippen LogP contribution in [0.3, 0.4) is 0 Å². The van der Waals surface area contributed by atoms with Crippen molar-refractivity contribution in [1.29, 1.82) is 0 Å². The number of benzene rings is 3. The van der Waals surface area contributed by atoms with Crippen LogP contribution in [0.25, 0.3) is 11.0 Å². The highest BCUT2D eigenvalue weighted by Gasteiger charge is 2.33. The summed E-state index contributed by atoms with van der Waals surface area (Å²) in [6.07, 6.45) is 0. The van der Waals surface area contributed by atoms with Gasteiger partial charge in [0.05, 0.1) is 17.8 Å². The highest BCUT2D eigenvalue weighted by Crippen LogP contribution is 2.32. The van der Waals surface area contributed by atoms with Crippen LogP contribution in [-0.4, -0.2) is 52.5 Å². The first-order valence-electron chi connectivity index (χ1n) is 10.3. The van der Waals surface area contributed by atoms with E-state index in [1.807, 2.05) is 42.5 Å². The molecule has 164 valence electrons. The minimum Gasteiger partial charge on any atom is -0.290 e. The van der Waals surface area contributed by atoms with Crippen LogP contribution in [0, 0.1) is 0 Å². The molecule has 1 aromatic heterocycles. The molecule has 0 N–H and O–H groups in total. The Hall–Kier alpha value is -2.36. The number of hydrogen-bond donors (Lipinski definition) is 0. The fourth-order valence-corrected chi connectivity index (χ4v) is 6.53. The molecule has 1 aliphatic rings. The maximum Gasteiger partial charge on any atom is 0.245 e. The molecular formula is C23H21ClN4O2S2. The van der Waals surface area contributed by atoms with Gasteiger partial charge in [0.15, 0.2) is 0 Å². The minimum atomic E-state index is -3.65. The van der Waals surface area contributed by atoms with Gasteiger partial charge in [0.25, 0.3) is 0 Å². The molecule has 3 aromatic carbocycles. The van der Waals surface area contributed by atoms with Gasteiger partial charge in [-0.1, -0.05) is 60.1 Å². The van der Waals surface area contributed by atoms with E-state index in [1.54, 1.807) is 22.5 Å². The summed E-state index contributed by atoms with van der Waals surface area (Å²) in [4.78, 5) is 2.56. The minimum absolute atomic E-state index is 0.0319. The van der Waals surface area contributed by atoms with E-state index < -0.39 is 10.0 Å². The van der Waals surface area contributed by atoms with Gasteiger partial charge in [0.2, 0.25) is 10.0 Å². The molecule has 1 unspecified atom stereocenters. The number of rotatable bonds is 5. The van der Waals surface area contributed by atoms with Gasteiger partial charge in [-0.3, -0.25) is 4.90 Å². The van der Waals surface area contributed by atoms with E-state index in [0.29, 0.717) is 42.2 Å². The van der Waals surface area contributed by atoms with E-state index in [4.69, 9.17) is 11.6 Å². The van der Waals surface area contributed by atoms with Gasteiger partial charge in [-0.2, -0.15) is 13.1 Å². The lowest BCUT2D eigenvalue weighted by Crippen LogP contribution is -2.49. The predicted octanol–water partition coefficient (Wildman–Crippen LogP) is 4.44. The Balaban J connectivity index is 1.41. The highest BCUT2D eigenvalue weighted by atomic mass is 35.5. The molecule has 1 atom stereocenters. The monoisotopic (exact) mass is 484 g/mol. The third-order valence-electron chi connectivity index (χ3n) is 5.81. The van der Waals surface area contributed by atoms with Crippen molar-refractivity contribution in [2.24, 2.45) is 0 Å². The largest absolute Gasteiger partial charge is 0.290 e. The van der Waals surface area contributed by atoms with Crippen LogP contribution in [0.4, 0.5) is 0 Å². The first kappa shape index (κ1) is 21.5. The Bertz CT molecular complexity index is 1320. The third-order valence-corrected chi connectivity index (χ3v) is 8.53. The predicted molar refractivity (Wildman–Crippen MR) is 127 cm³/mol. The Kier molecular flexibility index (Phi) is 5.96. The average Bonchev–Trinajstić information content (AvgIpc) is 3.30. The summed E-state index contributed by atoms with van der Waals surface area (Å²) in [5.41, 5.74) is 3.37. The van der Waals surface area contributed by atoms with Crippen molar-refractivity contribution in [1.82, 2.24) is 18.0 Å². The van der Waals surface area contributed by atoms with E-state index in [2.05, 4.69) is 25.8 Å². The molecule has 6 nitrogen and oxygen atoms in total. The first-order chi connectivity index (χ1) is 15.5. The molecule has 0 bridgehead atoms. The summed E-state index contributed by atoms with van der Waals surface area (Å²) < 4.78 is 36.7. The van der Waals surface area contributed by atoms with Gasteiger partial charge < -0.3 is 0 Å². The van der Waals surface area contributed by atoms with Crippen molar-refractivity contribution >= 4 is 44.4 Å². The molecule has 2 heterocycles. The summed E-state index contributed by atoms with van der Waals surface area (Å²) in [6.45, 7) is 2.06. The summed E-state index contributed by atoms with van der Waals surface area (Å²) in [7, 11) is -3.65. The maximum absolute atomic E-state index is 13.4. The Morgan fingerprint density at radius 2 is 1.50 bits per heavy atom. The van der Waals surface area contributed by atoms with Gasteiger partial charge >= 0.3 is 0 Å². The van der Waals surface area contributed by atoms with Gasteiger partial charge in [0, 0.05) is 31.2 Å². The zero-order valence-electron chi connectivity index (χ0n) is 17.1. The molecule has 0 saturated carbocycles. The summed E-state index contributed by atoms with van der Waals surface area (Å²) in [5, 5.41) is 0.696. The SMILES string of the molecule is O=S(=O)(c1cccc2nsnc12)N1CCN(C(c2ccccc2)c2ccc(Cl)cc2)CC1. The quantitative estimate of drug-likeness (QED) is 0.419. The van der Waals surface area contributed by atoms with Crippen molar-refractivity contribution in [2.75, 3.05) is 26.2 Å². The van der Waals surface area contributed by atoms with Gasteiger partial charge in [-0.25, -0.2) is 8.42 Å². The number of halogens is 1. The molecule has 5 rings (SSSR count). The van der Waals surface area contributed by atoms with E-state index >= 15 is 0 Å². The molecular weight excluding hydrogens is 464 g/mol. The number of hydrogen-bond acceptors (Lipinski definition) is 6. The fourth-order valence-electron chi connectivity index (χ4n) is 4.23. The first-order valence-corrected chi connectivity index (χ1v) is 12.8. The van der Waals surface area contributed by atoms with Crippen LogP contribution in [0.2, 0.25) is 5.02 Å². The molecule has 9 heteroatoms. The zero-order valence-corrected chi connectivity index (χ0v) is 19.5. The van der Waals surface area contributed by atoms with Crippen LogP contribution < -0.4 is 0 Å². The molecule has 0 spiro atoms. The van der Waals surface area contributed by atoms with Crippen molar-refractivity contribution in [2.45, 2.75) is 10.9 Å². The van der Waals surface area contributed by atoms with Crippen molar-refractivity contribution < 1.29 is 8.42 Å². The second-order valence-electron chi connectivity index (χ2n) is 7.69. The summed E-state index contributed by atoms with van der Waals surface area (Å²) in [6, 6.07) is 23.3. The number of aromatic nitrogens is 2. The van der Waals surface area contributed by atoms with Gasteiger partial charge in [0.1, 0.15) is 15.9 Å². The zero-order chi connectivity index (χ0) is 22.1. The van der Waals surface area contributed by atoms with Crippen molar-refractivity contribution in [3.05, 3.63) is 88.9 Å². The second-order valence-corrected chi connectivity index (χ2v) is 10.6. The van der Waals surface area contributed by atoms with E-state index in [1.165, 1.54) is 5.56 Å². The molecule has 4 aromatic rings. The smallest absolute Gasteiger partial charge is 0.245 e. The molecule has 1 fully saturated rings. The van der Waals surface area contributed by atoms with Crippen LogP contribution in [0.1, 0.15) is 17.2 Å². The molecule has 32 heavy (non-hydrogen) atoms. The normalized spacial score (nSPS) is 16.9. The number of sulfonamides is 1. The Morgan fingerprint density at radius 3 is 2.22 bits per heavy atom. The van der Waals surface area contributed by atoms with E-state index in [0.717, 1.165) is 17.3 Å². The lowest BCUT2D eigenvalue weighted by molar-refractivity contribution is 0.156. The lowest BCUT2D eigenvalue weighted by atomic mass is 9.96. The van der Waals surface area contributed by atoms with Gasteiger partial charge in [-0.15, -0.1) is 0 Å². The van der Waals surface area contributed by atoms with Crippen LogP contribution in [-0.2, 0) is 10.0 Å². The average molecular weight is 485 g/mol. The van der Waals surface area contributed by atoms with E-state index in [9.17, 15) is 8.42 Å². The molecule has 1 aliphatic heterocycles. The lowest BCUT2D eigenvalue weighted by Gasteiger charge is -2.39. The maximum atomic E-state index is 13.4. The number of nitrogens with zero attached hydrogens (tertiary/aromatic N) is 4. The Morgan fingerprint density at radius 1 is 0.812 bits per heavy atom. The third kappa shape index (κ3) is 4.04. The highest BCUT2D eigenvalue weighted by molar-refractivity contribution is 7.89. The second kappa shape index (κ2) is 8.88. The van der Waals surface area contributed by atoms with E-state index in [-0.39, 0.29) is 10.9 Å². The van der Waals surface area contributed by atoms with Crippen LogP contribution >= 0.6 is 23.3 Å². The standard InChI is InChI=1S/C23H21ClN4O2S2/c24-19-11-9-18(10-12-19)23(17-5-2-1-3-6-17)27-13-15-28(16-14-27)32(29,30)21-8-4-7-20-22(21)26-31-25-20/h1-12,23H,13-16H2. The van der Waals surface area contributed by atoms with Crippen LogP contribution in [0.15, 0.2) is 77.7 Å². The van der Waals surface area contributed by atoms with Crippen molar-refractivity contribution in [3.63, 3.8) is 0 Å². The fraction of sp³-hybridized carbons (Fsp3) is 0.217. The Labute approximate surface area is 196 Å². The topological polar surface area (TPSA) is 66.4 Å². The summed E-state index contributed by atoms with van der Waals surface area (Å²) in [5.74, 6) is 0. The molecule has 0 aliphatic carbocycles. The molecule has 0 radical (unpaired) electrons. The molecule has 1 saturated heterocycles. The molecule has 0 amide bonds. The summed E-state index contributed by atoms with van der Waals surface area (Å²) >= 11 is 7.14. The van der Waals surface area contributed by atoms with Crippen molar-refractivity contribution in [3.8, 4) is 0 Å². The van der Waals surface area contributed by atoms with Gasteiger partial charge in [-0.05, 0) is 35.4 Å². The number of piperazine rings is 1.